The number of carbonyl (C=O) groups excluding carboxylic acids is 1. The van der Waals surface area contributed by atoms with Gasteiger partial charge in [0.05, 0.1) is 6.07 Å². The smallest absolute Gasteiger partial charge is 0.239 e. The molecule has 0 aromatic heterocycles. The van der Waals surface area contributed by atoms with Crippen LogP contribution in [0.1, 0.15) is 25.3 Å². The van der Waals surface area contributed by atoms with E-state index in [0.717, 1.165) is 12.0 Å². The summed E-state index contributed by atoms with van der Waals surface area (Å²) in [7, 11) is 1.72. The molecule has 0 heterocycles. The molecule has 3 nitrogen and oxygen atoms in total. The Labute approximate surface area is 113 Å². The van der Waals surface area contributed by atoms with Crippen molar-refractivity contribution in [1.82, 2.24) is 4.90 Å². The summed E-state index contributed by atoms with van der Waals surface area (Å²) in [5.74, 6) is -0.651. The maximum absolute atomic E-state index is 12.0. The highest BCUT2D eigenvalue weighted by Crippen LogP contribution is 2.14. The topological polar surface area (TPSA) is 44.1 Å². The maximum atomic E-state index is 12.0. The molecular formula is C14H17ClN2O. The fourth-order valence-corrected chi connectivity index (χ4v) is 1.87. The summed E-state index contributed by atoms with van der Waals surface area (Å²) in [5, 5.41) is 9.64. The van der Waals surface area contributed by atoms with Crippen LogP contribution in [0.2, 0.25) is 5.02 Å². The molecule has 96 valence electrons. The largest absolute Gasteiger partial charge is 0.340 e. The van der Waals surface area contributed by atoms with Gasteiger partial charge in [0.15, 0.2) is 0 Å². The first kappa shape index (κ1) is 14.5. The van der Waals surface area contributed by atoms with Crippen LogP contribution in [0.5, 0.6) is 0 Å². The molecule has 1 aromatic carbocycles. The predicted molar refractivity (Wildman–Crippen MR) is 71.9 cm³/mol. The van der Waals surface area contributed by atoms with E-state index in [1.54, 1.807) is 24.1 Å². The lowest BCUT2D eigenvalue weighted by atomic mass is 10.0. The van der Waals surface area contributed by atoms with E-state index in [-0.39, 0.29) is 5.91 Å². The fraction of sp³-hybridized carbons (Fsp3) is 0.429. The summed E-state index contributed by atoms with van der Waals surface area (Å²) in [6.45, 7) is 2.47. The standard InChI is InChI=1S/C14H17ClN2O/c1-3-4-12(9-16)14(18)17(2)10-11-5-7-13(15)8-6-11/h5-8,12H,3-4,10H2,1-2H3. The van der Waals surface area contributed by atoms with Crippen LogP contribution in [0.25, 0.3) is 0 Å². The van der Waals surface area contributed by atoms with Crippen LogP contribution in [0, 0.1) is 17.2 Å². The highest BCUT2D eigenvalue weighted by Gasteiger charge is 2.20. The first-order valence-electron chi connectivity index (χ1n) is 5.97. The third kappa shape index (κ3) is 4.05. The molecule has 0 aliphatic heterocycles. The lowest BCUT2D eigenvalue weighted by Gasteiger charge is -2.20. The average molecular weight is 265 g/mol. The molecule has 1 rings (SSSR count). The summed E-state index contributed by atoms with van der Waals surface area (Å²) in [6.07, 6.45) is 1.44. The van der Waals surface area contributed by atoms with Crippen LogP contribution >= 0.6 is 11.6 Å². The van der Waals surface area contributed by atoms with Crippen LogP contribution in [-0.4, -0.2) is 17.9 Å². The minimum absolute atomic E-state index is 0.116. The molecule has 18 heavy (non-hydrogen) atoms. The SMILES string of the molecule is CCCC(C#N)C(=O)N(C)Cc1ccc(Cl)cc1. The van der Waals surface area contributed by atoms with Crippen molar-refractivity contribution in [3.8, 4) is 6.07 Å². The van der Waals surface area contributed by atoms with Crippen molar-refractivity contribution < 1.29 is 4.79 Å². The molecule has 0 bridgehead atoms. The molecule has 1 unspecified atom stereocenters. The number of nitrogens with zero attached hydrogens (tertiary/aromatic N) is 2. The quantitative estimate of drug-likeness (QED) is 0.819. The average Bonchev–Trinajstić information content (AvgIpc) is 2.37. The molecule has 0 radical (unpaired) electrons. The number of hydrogen-bond acceptors (Lipinski definition) is 2. The van der Waals surface area contributed by atoms with Crippen LogP contribution in [0.4, 0.5) is 0 Å². The third-order valence-electron chi connectivity index (χ3n) is 2.74. The van der Waals surface area contributed by atoms with E-state index in [1.807, 2.05) is 19.1 Å². The van der Waals surface area contributed by atoms with Crippen LogP contribution in [-0.2, 0) is 11.3 Å². The van der Waals surface area contributed by atoms with E-state index in [4.69, 9.17) is 16.9 Å². The first-order valence-corrected chi connectivity index (χ1v) is 6.35. The normalized spacial score (nSPS) is 11.7. The fourth-order valence-electron chi connectivity index (χ4n) is 1.74. The summed E-state index contributed by atoms with van der Waals surface area (Å²) < 4.78 is 0. The van der Waals surface area contributed by atoms with Gasteiger partial charge < -0.3 is 4.90 Å². The van der Waals surface area contributed by atoms with Gasteiger partial charge in [0.2, 0.25) is 5.91 Å². The number of carbonyl (C=O) groups is 1. The van der Waals surface area contributed by atoms with Gasteiger partial charge in [-0.1, -0.05) is 37.1 Å². The van der Waals surface area contributed by atoms with Gasteiger partial charge in [-0.2, -0.15) is 5.26 Å². The van der Waals surface area contributed by atoms with Gasteiger partial charge in [-0.05, 0) is 24.1 Å². The lowest BCUT2D eigenvalue weighted by Crippen LogP contribution is -2.31. The maximum Gasteiger partial charge on any atom is 0.239 e. The van der Waals surface area contributed by atoms with Gasteiger partial charge >= 0.3 is 0 Å². The van der Waals surface area contributed by atoms with E-state index < -0.39 is 5.92 Å². The minimum atomic E-state index is -0.535. The Morgan fingerprint density at radius 1 is 1.44 bits per heavy atom. The monoisotopic (exact) mass is 264 g/mol. The Balaban J connectivity index is 2.64. The van der Waals surface area contributed by atoms with E-state index in [9.17, 15) is 4.79 Å². The van der Waals surface area contributed by atoms with Crippen molar-refractivity contribution in [3.05, 3.63) is 34.9 Å². The van der Waals surface area contributed by atoms with Crippen molar-refractivity contribution in [2.24, 2.45) is 5.92 Å². The van der Waals surface area contributed by atoms with Crippen LogP contribution < -0.4 is 0 Å². The number of hydrogen-bond donors (Lipinski definition) is 0. The van der Waals surface area contributed by atoms with Gasteiger partial charge in [-0.25, -0.2) is 0 Å². The van der Waals surface area contributed by atoms with Crippen LogP contribution in [0.3, 0.4) is 0 Å². The van der Waals surface area contributed by atoms with Crippen LogP contribution in [0.15, 0.2) is 24.3 Å². The van der Waals surface area contributed by atoms with Gasteiger partial charge in [0, 0.05) is 18.6 Å². The summed E-state index contributed by atoms with van der Waals surface area (Å²) >= 11 is 5.80. The van der Waals surface area contributed by atoms with Crippen molar-refractivity contribution in [3.63, 3.8) is 0 Å². The second-order valence-electron chi connectivity index (χ2n) is 4.29. The molecule has 0 aliphatic carbocycles. The molecule has 1 atom stereocenters. The minimum Gasteiger partial charge on any atom is -0.340 e. The van der Waals surface area contributed by atoms with Gasteiger partial charge in [-0.15, -0.1) is 0 Å². The molecule has 0 N–H and O–H groups in total. The van der Waals surface area contributed by atoms with Gasteiger partial charge in [-0.3, -0.25) is 4.79 Å². The number of benzene rings is 1. The third-order valence-corrected chi connectivity index (χ3v) is 2.99. The van der Waals surface area contributed by atoms with E-state index in [1.165, 1.54) is 0 Å². The molecule has 0 aliphatic rings. The zero-order valence-corrected chi connectivity index (χ0v) is 11.4. The molecule has 0 spiro atoms. The Bertz CT molecular complexity index is 436. The highest BCUT2D eigenvalue weighted by molar-refractivity contribution is 6.30. The number of halogens is 1. The zero-order valence-electron chi connectivity index (χ0n) is 10.7. The molecule has 1 aromatic rings. The van der Waals surface area contributed by atoms with Crippen molar-refractivity contribution in [1.29, 1.82) is 5.26 Å². The van der Waals surface area contributed by atoms with Crippen molar-refractivity contribution in [2.75, 3.05) is 7.05 Å². The summed E-state index contributed by atoms with van der Waals surface area (Å²) in [5.41, 5.74) is 1.00. The first-order chi connectivity index (χ1) is 8.58. The lowest BCUT2D eigenvalue weighted by molar-refractivity contribution is -0.133. The zero-order chi connectivity index (χ0) is 13.5. The second-order valence-corrected chi connectivity index (χ2v) is 4.73. The molecule has 0 saturated heterocycles. The Kier molecular flexibility index (Phi) is 5.67. The van der Waals surface area contributed by atoms with Crippen molar-refractivity contribution >= 4 is 17.5 Å². The number of amides is 1. The van der Waals surface area contributed by atoms with E-state index in [2.05, 4.69) is 6.07 Å². The molecular weight excluding hydrogens is 248 g/mol. The Morgan fingerprint density at radius 3 is 2.56 bits per heavy atom. The highest BCUT2D eigenvalue weighted by atomic mass is 35.5. The summed E-state index contributed by atoms with van der Waals surface area (Å²) in [4.78, 5) is 13.6. The molecule has 1 amide bonds. The summed E-state index contributed by atoms with van der Waals surface area (Å²) in [6, 6.07) is 9.42. The molecule has 0 fully saturated rings. The molecule has 4 heteroatoms. The number of nitriles is 1. The Morgan fingerprint density at radius 2 is 2.06 bits per heavy atom. The predicted octanol–water partition coefficient (Wildman–Crippen LogP) is 3.24. The van der Waals surface area contributed by atoms with Gasteiger partial charge in [0.25, 0.3) is 0 Å². The van der Waals surface area contributed by atoms with Gasteiger partial charge in [0.1, 0.15) is 5.92 Å². The van der Waals surface area contributed by atoms with E-state index >= 15 is 0 Å². The Hall–Kier alpha value is -1.53. The van der Waals surface area contributed by atoms with E-state index in [0.29, 0.717) is 18.0 Å². The second kappa shape index (κ2) is 7.03. The molecule has 0 saturated carbocycles. The van der Waals surface area contributed by atoms with Crippen molar-refractivity contribution in [2.45, 2.75) is 26.3 Å². The number of rotatable bonds is 5.